The lowest BCUT2D eigenvalue weighted by atomic mass is 10.4. The molecule has 1 heterocycles. The third-order valence-electron chi connectivity index (χ3n) is 1.10. The van der Waals surface area contributed by atoms with Gasteiger partial charge in [-0.3, -0.25) is 4.79 Å². The summed E-state index contributed by atoms with van der Waals surface area (Å²) in [5.74, 6) is -1.19. The molecule has 5 nitrogen and oxygen atoms in total. The molecule has 0 unspecified atom stereocenters. The molecular weight excluding hydrogens is 144 g/mol. The van der Waals surface area contributed by atoms with Crippen molar-refractivity contribution in [1.82, 2.24) is 15.3 Å². The molecule has 60 valence electrons. The van der Waals surface area contributed by atoms with Crippen LogP contribution in [0, 0.1) is 0 Å². The maximum atomic E-state index is 11.5. The van der Waals surface area contributed by atoms with Gasteiger partial charge in [-0.15, -0.1) is 0 Å². The van der Waals surface area contributed by atoms with E-state index in [0.29, 0.717) is 0 Å². The Balaban J connectivity index is 2.85. The molecule has 0 spiro atoms. The second-order valence-electron chi connectivity index (χ2n) is 1.71. The summed E-state index contributed by atoms with van der Waals surface area (Å²) in [7, 11) is 0. The largest absolute Gasteiger partial charge is 0.371 e. The lowest BCUT2D eigenvalue weighted by Crippen LogP contribution is -2.19. The van der Waals surface area contributed by atoms with Gasteiger partial charge in [0.15, 0.2) is 5.82 Å². The van der Waals surface area contributed by atoms with Crippen LogP contribution in [-0.4, -0.2) is 29.8 Å². The zero-order valence-corrected chi connectivity index (χ0v) is 5.43. The van der Waals surface area contributed by atoms with E-state index >= 15 is 0 Å². The number of imidazole rings is 1. The Morgan fingerprint density at radius 2 is 2.73 bits per heavy atom. The van der Waals surface area contributed by atoms with Crippen molar-refractivity contribution in [2.45, 2.75) is 0 Å². The molecule has 0 aliphatic heterocycles. The zero-order valence-electron chi connectivity index (χ0n) is 11.4. The molecule has 11 heavy (non-hydrogen) atoms. The van der Waals surface area contributed by atoms with Crippen LogP contribution in [0.5, 0.6) is 0 Å². The fourth-order valence-electron chi connectivity index (χ4n) is 0.625. The molecule has 1 rings (SSSR count). The number of H-pyrrole nitrogens is 1. The van der Waals surface area contributed by atoms with Crippen molar-refractivity contribution in [2.24, 2.45) is 0 Å². The Labute approximate surface area is 72.6 Å². The number of nitrogens with one attached hydrogen (secondary N) is 3. The fourth-order valence-corrected chi connectivity index (χ4v) is 0.625. The van der Waals surface area contributed by atoms with Crippen LogP contribution in [0.25, 0.3) is 0 Å². The summed E-state index contributed by atoms with van der Waals surface area (Å²) >= 11 is 0. The number of hydrogen-bond acceptors (Lipinski definition) is 3. The Morgan fingerprint density at radius 1 is 1.82 bits per heavy atom. The Morgan fingerprint density at radius 3 is 3.45 bits per heavy atom. The molecule has 0 atom stereocenters. The molecule has 1 amide bonds. The number of carbonyl (C=O) groups excluding carboxylic acids is 1. The Kier molecular flexibility index (Phi) is 0.788. The van der Waals surface area contributed by atoms with E-state index in [4.69, 9.17) is 8.22 Å². The highest BCUT2D eigenvalue weighted by molar-refractivity contribution is 5.96. The molecule has 1 aromatic rings. The van der Waals surface area contributed by atoms with Gasteiger partial charge in [-0.25, -0.2) is 4.98 Å². The number of rotatable bonds is 2. The number of hydrogen-bond donors (Lipinski definition) is 3. The molecular formula is C6H10N4O. The van der Waals surface area contributed by atoms with Crippen molar-refractivity contribution in [3.05, 3.63) is 12.0 Å². The molecule has 0 aliphatic carbocycles. The topological polar surface area (TPSA) is 69.8 Å². The van der Waals surface area contributed by atoms with Gasteiger partial charge in [0.1, 0.15) is 5.69 Å². The van der Waals surface area contributed by atoms with Crippen LogP contribution in [0.1, 0.15) is 18.7 Å². The highest BCUT2D eigenvalue weighted by Crippen LogP contribution is 2.06. The molecule has 0 aromatic carbocycles. The summed E-state index contributed by atoms with van der Waals surface area (Å²) in [5, 5.41) is 3.72. The molecule has 0 radical (unpaired) electrons. The van der Waals surface area contributed by atoms with Crippen LogP contribution in [0.2, 0.25) is 0 Å². The third kappa shape index (κ3) is 1.31. The van der Waals surface area contributed by atoms with E-state index in [9.17, 15) is 4.79 Å². The first-order valence-corrected chi connectivity index (χ1v) is 2.72. The zero-order chi connectivity index (χ0) is 13.3. The number of amides is 1. The van der Waals surface area contributed by atoms with Gasteiger partial charge < -0.3 is 15.6 Å². The monoisotopic (exact) mass is 160 g/mol. The molecule has 0 bridgehead atoms. The standard InChI is InChI=1S/C6H10N4O/c1-7-5-4(6(11)8-2)9-3-10-5/h3,7H,1-2H3,(H,8,11)(H,9,10)/i1D3,2D3. The van der Waals surface area contributed by atoms with Gasteiger partial charge in [0.05, 0.1) is 6.33 Å². The molecule has 5 heteroatoms. The maximum Gasteiger partial charge on any atom is 0.271 e. The Hall–Kier alpha value is -1.52. The van der Waals surface area contributed by atoms with Gasteiger partial charge in [-0.1, -0.05) is 0 Å². The minimum absolute atomic E-state index is 0.230. The lowest BCUT2D eigenvalue weighted by molar-refractivity contribution is 0.0959. The normalized spacial score (nSPS) is 19.6. The van der Waals surface area contributed by atoms with Crippen molar-refractivity contribution in [3.8, 4) is 0 Å². The van der Waals surface area contributed by atoms with Crippen molar-refractivity contribution in [2.75, 3.05) is 19.3 Å². The molecule has 0 aliphatic rings. The quantitative estimate of drug-likeness (QED) is 0.561. The Bertz CT molecular complexity index is 407. The number of anilines is 1. The second kappa shape index (κ2) is 3.05. The number of aromatic amines is 1. The maximum absolute atomic E-state index is 11.5. The average Bonchev–Trinajstić information content (AvgIpc) is 2.45. The summed E-state index contributed by atoms with van der Waals surface area (Å²) in [6.07, 6.45) is 1.09. The highest BCUT2D eigenvalue weighted by atomic mass is 16.1. The first kappa shape index (κ1) is 2.84. The smallest absolute Gasteiger partial charge is 0.271 e. The van der Waals surface area contributed by atoms with E-state index in [-0.39, 0.29) is 11.5 Å². The summed E-state index contributed by atoms with van der Waals surface area (Å²) < 4.78 is 41.4. The highest BCUT2D eigenvalue weighted by Gasteiger charge is 2.09. The van der Waals surface area contributed by atoms with Gasteiger partial charge in [0.25, 0.3) is 5.91 Å². The van der Waals surface area contributed by atoms with Gasteiger partial charge in [0, 0.05) is 22.2 Å². The average molecular weight is 160 g/mol. The summed E-state index contributed by atoms with van der Waals surface area (Å²) in [6, 6.07) is 0. The van der Waals surface area contributed by atoms with Crippen molar-refractivity contribution < 1.29 is 13.0 Å². The minimum atomic E-state index is -2.65. The van der Waals surface area contributed by atoms with Crippen LogP contribution in [0.4, 0.5) is 5.82 Å². The van der Waals surface area contributed by atoms with Crippen LogP contribution in [0.3, 0.4) is 0 Å². The fraction of sp³-hybridized carbons (Fsp3) is 0.333. The summed E-state index contributed by atoms with van der Waals surface area (Å²) in [5.41, 5.74) is -0.253. The number of nitrogens with zero attached hydrogens (tertiary/aromatic N) is 1. The number of aromatic nitrogens is 2. The predicted molar refractivity (Wildman–Crippen MR) is 41.5 cm³/mol. The first-order chi connectivity index (χ1) is 7.58. The van der Waals surface area contributed by atoms with E-state index in [2.05, 4.69) is 9.97 Å². The van der Waals surface area contributed by atoms with Crippen LogP contribution in [-0.2, 0) is 0 Å². The molecule has 0 saturated heterocycles. The van der Waals surface area contributed by atoms with E-state index in [1.807, 2.05) is 5.32 Å². The summed E-state index contributed by atoms with van der Waals surface area (Å²) in [4.78, 5) is 17.4. The second-order valence-corrected chi connectivity index (χ2v) is 1.71. The number of carbonyl (C=O) groups is 1. The van der Waals surface area contributed by atoms with Crippen molar-refractivity contribution >= 4 is 11.7 Å². The lowest BCUT2D eigenvalue weighted by Gasteiger charge is -1.98. The van der Waals surface area contributed by atoms with Gasteiger partial charge in [-0.2, -0.15) is 0 Å². The van der Waals surface area contributed by atoms with E-state index in [1.54, 1.807) is 5.32 Å². The SMILES string of the molecule is [2H]C([2H])([2H])NC(=O)c1[nH]cnc1NC([2H])([2H])[2H]. The summed E-state index contributed by atoms with van der Waals surface area (Å²) in [6.45, 7) is -5.18. The van der Waals surface area contributed by atoms with Crippen LogP contribution < -0.4 is 10.6 Å². The third-order valence-corrected chi connectivity index (χ3v) is 1.10. The van der Waals surface area contributed by atoms with E-state index in [1.165, 1.54) is 0 Å². The van der Waals surface area contributed by atoms with Crippen molar-refractivity contribution in [3.63, 3.8) is 0 Å². The molecule has 0 saturated carbocycles. The minimum Gasteiger partial charge on any atom is -0.371 e. The first-order valence-electron chi connectivity index (χ1n) is 5.72. The van der Waals surface area contributed by atoms with E-state index < -0.39 is 19.9 Å². The van der Waals surface area contributed by atoms with Gasteiger partial charge in [-0.05, 0) is 0 Å². The molecule has 0 fully saturated rings. The van der Waals surface area contributed by atoms with Gasteiger partial charge >= 0.3 is 0 Å². The molecule has 1 aromatic heterocycles. The van der Waals surface area contributed by atoms with Crippen LogP contribution in [0.15, 0.2) is 6.33 Å². The molecule has 3 N–H and O–H groups in total. The van der Waals surface area contributed by atoms with Crippen molar-refractivity contribution in [1.29, 1.82) is 0 Å². The van der Waals surface area contributed by atoms with Crippen LogP contribution >= 0.6 is 0 Å². The van der Waals surface area contributed by atoms with E-state index in [0.717, 1.165) is 6.33 Å². The van der Waals surface area contributed by atoms with Gasteiger partial charge in [0.2, 0.25) is 0 Å². The predicted octanol–water partition coefficient (Wildman–Crippen LogP) is -0.189.